The van der Waals surface area contributed by atoms with E-state index < -0.39 is 0 Å². The van der Waals surface area contributed by atoms with E-state index in [0.717, 1.165) is 24.0 Å². The molecule has 3 N–H and O–H groups in total. The Labute approximate surface area is 126 Å². The van der Waals surface area contributed by atoms with Crippen molar-refractivity contribution in [2.45, 2.75) is 57.7 Å². The topological polar surface area (TPSA) is 61.4 Å². The predicted molar refractivity (Wildman–Crippen MR) is 83.8 cm³/mol. The number of benzene rings is 1. The third kappa shape index (κ3) is 5.14. The van der Waals surface area contributed by atoms with E-state index in [-0.39, 0.29) is 18.6 Å². The first-order chi connectivity index (χ1) is 10.2. The quantitative estimate of drug-likeness (QED) is 0.753. The predicted octanol–water partition coefficient (Wildman–Crippen LogP) is 2.28. The molecule has 1 aliphatic carbocycles. The molecule has 0 bridgehead atoms. The largest absolute Gasteiger partial charge is 0.392 e. The summed E-state index contributed by atoms with van der Waals surface area (Å²) in [5.41, 5.74) is 1.99. The molecule has 116 valence electrons. The monoisotopic (exact) mass is 290 g/mol. The van der Waals surface area contributed by atoms with Crippen LogP contribution in [-0.2, 0) is 11.4 Å². The number of hydrogen-bond acceptors (Lipinski definition) is 3. The highest BCUT2D eigenvalue weighted by Gasteiger charge is 2.16. The highest BCUT2D eigenvalue weighted by Crippen LogP contribution is 2.17. The molecular weight excluding hydrogens is 264 g/mol. The summed E-state index contributed by atoms with van der Waals surface area (Å²) in [5, 5.41) is 15.5. The van der Waals surface area contributed by atoms with Crippen LogP contribution >= 0.6 is 0 Å². The molecule has 4 heteroatoms. The maximum Gasteiger partial charge on any atom is 0.234 e. The summed E-state index contributed by atoms with van der Waals surface area (Å²) in [6.45, 7) is 2.41. The van der Waals surface area contributed by atoms with Gasteiger partial charge in [0.25, 0.3) is 0 Å². The molecule has 1 saturated carbocycles. The Balaban J connectivity index is 1.77. The van der Waals surface area contributed by atoms with Crippen LogP contribution in [0.3, 0.4) is 0 Å². The Bertz CT molecular complexity index is 456. The van der Waals surface area contributed by atoms with Gasteiger partial charge in [-0.15, -0.1) is 0 Å². The van der Waals surface area contributed by atoms with Gasteiger partial charge < -0.3 is 15.7 Å². The Morgan fingerprint density at radius 3 is 2.81 bits per heavy atom. The minimum absolute atomic E-state index is 0.0444. The number of hydrogen-bond donors (Lipinski definition) is 3. The second-order valence-corrected chi connectivity index (χ2v) is 5.91. The number of aliphatic hydroxyl groups is 1. The van der Waals surface area contributed by atoms with Gasteiger partial charge in [-0.1, -0.05) is 43.5 Å². The fraction of sp³-hybridized carbons (Fsp3) is 0.588. The number of nitrogens with one attached hydrogen (secondary N) is 2. The van der Waals surface area contributed by atoms with Gasteiger partial charge in [-0.3, -0.25) is 4.79 Å². The molecule has 1 aromatic carbocycles. The number of amides is 1. The summed E-state index contributed by atoms with van der Waals surface area (Å²) in [6.07, 6.45) is 5.97. The van der Waals surface area contributed by atoms with E-state index in [1.165, 1.54) is 19.3 Å². The zero-order valence-electron chi connectivity index (χ0n) is 12.8. The molecule has 0 aromatic heterocycles. The Kier molecular flexibility index (Phi) is 6.21. The lowest BCUT2D eigenvalue weighted by molar-refractivity contribution is -0.121. The van der Waals surface area contributed by atoms with Gasteiger partial charge in [0.1, 0.15) is 0 Å². The summed E-state index contributed by atoms with van der Waals surface area (Å²) >= 11 is 0. The third-order valence-electron chi connectivity index (χ3n) is 4.17. The summed E-state index contributed by atoms with van der Waals surface area (Å²) in [6, 6.07) is 8.26. The molecule has 2 rings (SSSR count). The molecule has 1 fully saturated rings. The lowest BCUT2D eigenvalue weighted by Crippen LogP contribution is -2.41. The molecular formula is C17H26N2O2. The maximum atomic E-state index is 12.0. The number of carbonyl (C=O) groups is 1. The standard InChI is InChI=1S/C17H26N2O2/c1-13(15-7-5-6-14(10-15)12-20)18-11-17(21)19-16-8-3-2-4-9-16/h5-7,10,13,16,18,20H,2-4,8-9,11-12H2,1H3,(H,19,21). The van der Waals surface area contributed by atoms with Gasteiger partial charge in [-0.2, -0.15) is 0 Å². The Morgan fingerprint density at radius 2 is 2.10 bits per heavy atom. The van der Waals surface area contributed by atoms with Crippen molar-refractivity contribution in [3.63, 3.8) is 0 Å². The number of carbonyl (C=O) groups excluding carboxylic acids is 1. The highest BCUT2D eigenvalue weighted by molar-refractivity contribution is 5.78. The zero-order valence-corrected chi connectivity index (χ0v) is 12.8. The van der Waals surface area contributed by atoms with Crippen molar-refractivity contribution in [1.29, 1.82) is 0 Å². The second-order valence-electron chi connectivity index (χ2n) is 5.91. The number of rotatable bonds is 6. The third-order valence-corrected chi connectivity index (χ3v) is 4.17. The number of aliphatic hydroxyl groups excluding tert-OH is 1. The first kappa shape index (κ1) is 16.0. The molecule has 1 unspecified atom stereocenters. The van der Waals surface area contributed by atoms with Crippen molar-refractivity contribution in [3.8, 4) is 0 Å². The molecule has 1 amide bonds. The smallest absolute Gasteiger partial charge is 0.234 e. The summed E-state index contributed by atoms with van der Waals surface area (Å²) in [4.78, 5) is 12.0. The molecule has 0 heterocycles. The van der Waals surface area contributed by atoms with Gasteiger partial charge in [-0.05, 0) is 30.9 Å². The fourth-order valence-corrected chi connectivity index (χ4v) is 2.85. The van der Waals surface area contributed by atoms with E-state index in [9.17, 15) is 4.79 Å². The summed E-state index contributed by atoms with van der Waals surface area (Å²) < 4.78 is 0. The summed E-state index contributed by atoms with van der Waals surface area (Å²) in [7, 11) is 0. The molecule has 0 spiro atoms. The van der Waals surface area contributed by atoms with Gasteiger partial charge in [0, 0.05) is 12.1 Å². The molecule has 21 heavy (non-hydrogen) atoms. The van der Waals surface area contributed by atoms with Crippen LogP contribution in [0.2, 0.25) is 0 Å². The molecule has 0 aliphatic heterocycles. The van der Waals surface area contributed by atoms with Gasteiger partial charge in [-0.25, -0.2) is 0 Å². The van der Waals surface area contributed by atoms with Crippen molar-refractivity contribution in [2.75, 3.05) is 6.54 Å². The van der Waals surface area contributed by atoms with Gasteiger partial charge in [0.15, 0.2) is 0 Å². The van der Waals surface area contributed by atoms with Crippen LogP contribution in [-0.4, -0.2) is 23.6 Å². The highest BCUT2D eigenvalue weighted by atomic mass is 16.3. The Hall–Kier alpha value is -1.39. The van der Waals surface area contributed by atoms with Crippen molar-refractivity contribution in [2.24, 2.45) is 0 Å². The molecule has 0 saturated heterocycles. The van der Waals surface area contributed by atoms with E-state index in [1.54, 1.807) is 0 Å². The molecule has 4 nitrogen and oxygen atoms in total. The lowest BCUT2D eigenvalue weighted by atomic mass is 9.95. The van der Waals surface area contributed by atoms with Crippen LogP contribution in [0.15, 0.2) is 24.3 Å². The first-order valence-electron chi connectivity index (χ1n) is 7.91. The average Bonchev–Trinajstić information content (AvgIpc) is 2.53. The van der Waals surface area contributed by atoms with Crippen LogP contribution in [0.25, 0.3) is 0 Å². The molecule has 1 aliphatic rings. The first-order valence-corrected chi connectivity index (χ1v) is 7.91. The van der Waals surface area contributed by atoms with E-state index in [0.29, 0.717) is 12.6 Å². The molecule has 0 radical (unpaired) electrons. The fourth-order valence-electron chi connectivity index (χ4n) is 2.85. The SMILES string of the molecule is CC(NCC(=O)NC1CCCCC1)c1cccc(CO)c1. The van der Waals surface area contributed by atoms with Gasteiger partial charge >= 0.3 is 0 Å². The lowest BCUT2D eigenvalue weighted by Gasteiger charge is -2.23. The minimum atomic E-state index is 0.0444. The molecule has 1 aromatic rings. The van der Waals surface area contributed by atoms with Crippen molar-refractivity contribution in [1.82, 2.24) is 10.6 Å². The van der Waals surface area contributed by atoms with E-state index >= 15 is 0 Å². The van der Waals surface area contributed by atoms with Crippen LogP contribution in [0.5, 0.6) is 0 Å². The van der Waals surface area contributed by atoms with Crippen LogP contribution in [0.4, 0.5) is 0 Å². The van der Waals surface area contributed by atoms with Crippen molar-refractivity contribution < 1.29 is 9.90 Å². The molecule has 1 atom stereocenters. The maximum absolute atomic E-state index is 12.0. The van der Waals surface area contributed by atoms with Crippen LogP contribution in [0, 0.1) is 0 Å². The second kappa shape index (κ2) is 8.15. The van der Waals surface area contributed by atoms with Crippen LogP contribution in [0.1, 0.15) is 56.2 Å². The van der Waals surface area contributed by atoms with E-state index in [1.807, 2.05) is 31.2 Å². The van der Waals surface area contributed by atoms with Crippen molar-refractivity contribution in [3.05, 3.63) is 35.4 Å². The van der Waals surface area contributed by atoms with Crippen molar-refractivity contribution >= 4 is 5.91 Å². The van der Waals surface area contributed by atoms with E-state index in [2.05, 4.69) is 10.6 Å². The summed E-state index contributed by atoms with van der Waals surface area (Å²) in [5.74, 6) is 0.0760. The zero-order chi connectivity index (χ0) is 15.1. The normalized spacial score (nSPS) is 17.4. The van der Waals surface area contributed by atoms with Gasteiger partial charge in [0.2, 0.25) is 5.91 Å². The van der Waals surface area contributed by atoms with Crippen LogP contribution < -0.4 is 10.6 Å². The van der Waals surface area contributed by atoms with Gasteiger partial charge in [0.05, 0.1) is 13.2 Å². The minimum Gasteiger partial charge on any atom is -0.392 e. The van der Waals surface area contributed by atoms with E-state index in [4.69, 9.17) is 5.11 Å². The average molecular weight is 290 g/mol. The Morgan fingerprint density at radius 1 is 1.33 bits per heavy atom.